The Balaban J connectivity index is 2.73. The minimum atomic E-state index is -0.231. The first-order valence-corrected chi connectivity index (χ1v) is 5.88. The lowest BCUT2D eigenvalue weighted by Gasteiger charge is -2.21. The van der Waals surface area contributed by atoms with Gasteiger partial charge in [0.15, 0.2) is 5.76 Å². The summed E-state index contributed by atoms with van der Waals surface area (Å²) in [4.78, 5) is 13.8. The summed E-state index contributed by atoms with van der Waals surface area (Å²) in [6.07, 6.45) is 1.76. The van der Waals surface area contributed by atoms with E-state index in [0.717, 1.165) is 5.56 Å². The summed E-state index contributed by atoms with van der Waals surface area (Å²) in [5.41, 5.74) is 6.18. The van der Waals surface area contributed by atoms with Crippen LogP contribution in [0, 0.1) is 6.92 Å². The minimum absolute atomic E-state index is 0.0754. The highest BCUT2D eigenvalue weighted by Crippen LogP contribution is 2.12. The molecule has 106 valence electrons. The highest BCUT2D eigenvalue weighted by Gasteiger charge is 2.20. The van der Waals surface area contributed by atoms with Gasteiger partial charge in [-0.15, -0.1) is 0 Å². The molecule has 1 amide bonds. The van der Waals surface area contributed by atoms with E-state index in [2.05, 4.69) is 5.16 Å². The molecule has 7 nitrogen and oxygen atoms in total. The molecule has 1 aromatic rings. The third kappa shape index (κ3) is 4.29. The van der Waals surface area contributed by atoms with E-state index < -0.39 is 0 Å². The van der Waals surface area contributed by atoms with Crippen molar-refractivity contribution in [1.82, 2.24) is 4.90 Å². The zero-order valence-corrected chi connectivity index (χ0v) is 11.1. The summed E-state index contributed by atoms with van der Waals surface area (Å²) in [6, 6.07) is 1.73. The van der Waals surface area contributed by atoms with Crippen molar-refractivity contribution in [2.24, 2.45) is 10.9 Å². The second-order valence-electron chi connectivity index (χ2n) is 4.06. The number of carbonyl (C=O) groups excluding carboxylic acids is 1. The average molecular weight is 269 g/mol. The molecule has 3 N–H and O–H groups in total. The topological polar surface area (TPSA) is 101 Å². The smallest absolute Gasteiger partial charge is 0.289 e. The third-order valence-corrected chi connectivity index (χ3v) is 2.68. The predicted molar refractivity (Wildman–Crippen MR) is 69.3 cm³/mol. The number of amides is 1. The van der Waals surface area contributed by atoms with E-state index in [1.807, 2.05) is 0 Å². The Bertz CT molecular complexity index is 442. The first-order chi connectivity index (χ1) is 9.10. The number of aryl methyl sites for hydroxylation is 1. The van der Waals surface area contributed by atoms with Gasteiger partial charge in [0, 0.05) is 32.2 Å². The van der Waals surface area contributed by atoms with Gasteiger partial charge in [-0.25, -0.2) is 0 Å². The summed E-state index contributed by atoms with van der Waals surface area (Å²) in [7, 11) is 1.56. The number of oxime groups is 1. The molecule has 0 spiro atoms. The number of carbonyl (C=O) groups is 1. The SMILES string of the molecule is COCCN(CCC(N)=NO)C(=O)c1occc1C. The van der Waals surface area contributed by atoms with Gasteiger partial charge >= 0.3 is 0 Å². The maximum absolute atomic E-state index is 12.3. The van der Waals surface area contributed by atoms with Gasteiger partial charge in [0.2, 0.25) is 0 Å². The maximum Gasteiger partial charge on any atom is 0.289 e. The van der Waals surface area contributed by atoms with Crippen molar-refractivity contribution in [3.63, 3.8) is 0 Å². The predicted octanol–water partition coefficient (Wildman–Crippen LogP) is 0.813. The van der Waals surface area contributed by atoms with Gasteiger partial charge in [-0.3, -0.25) is 4.79 Å². The van der Waals surface area contributed by atoms with Gasteiger partial charge in [0.25, 0.3) is 5.91 Å². The molecule has 0 saturated carbocycles. The van der Waals surface area contributed by atoms with Gasteiger partial charge in [-0.05, 0) is 13.0 Å². The number of hydrogen-bond acceptors (Lipinski definition) is 5. The monoisotopic (exact) mass is 269 g/mol. The van der Waals surface area contributed by atoms with Gasteiger partial charge in [0.1, 0.15) is 5.84 Å². The summed E-state index contributed by atoms with van der Waals surface area (Å²) in [5.74, 6) is 0.146. The van der Waals surface area contributed by atoms with Crippen molar-refractivity contribution in [3.05, 3.63) is 23.7 Å². The lowest BCUT2D eigenvalue weighted by molar-refractivity contribution is 0.0668. The van der Waals surface area contributed by atoms with Crippen LogP contribution in [-0.2, 0) is 4.74 Å². The summed E-state index contributed by atoms with van der Waals surface area (Å²) < 4.78 is 10.1. The second-order valence-corrected chi connectivity index (χ2v) is 4.06. The quantitative estimate of drug-likeness (QED) is 0.330. The molecule has 1 rings (SSSR count). The van der Waals surface area contributed by atoms with Crippen LogP contribution in [0.2, 0.25) is 0 Å². The Morgan fingerprint density at radius 1 is 1.58 bits per heavy atom. The summed E-state index contributed by atoms with van der Waals surface area (Å²) >= 11 is 0. The van der Waals surface area contributed by atoms with Crippen LogP contribution in [0.5, 0.6) is 0 Å². The fourth-order valence-electron chi connectivity index (χ4n) is 1.55. The van der Waals surface area contributed by atoms with Gasteiger partial charge in [-0.2, -0.15) is 0 Å². The molecular weight excluding hydrogens is 250 g/mol. The first kappa shape index (κ1) is 15.0. The highest BCUT2D eigenvalue weighted by atomic mass is 16.5. The first-order valence-electron chi connectivity index (χ1n) is 5.88. The number of amidine groups is 1. The van der Waals surface area contributed by atoms with Crippen LogP contribution < -0.4 is 5.73 Å². The van der Waals surface area contributed by atoms with Crippen molar-refractivity contribution in [3.8, 4) is 0 Å². The Hall–Kier alpha value is -2.02. The number of rotatable bonds is 7. The standard InChI is InChI=1S/C12H19N3O4/c1-9-4-7-19-11(9)12(16)15(6-8-18-2)5-3-10(13)14-17/h4,7,17H,3,5-6,8H2,1-2H3,(H2,13,14). The lowest BCUT2D eigenvalue weighted by atomic mass is 10.2. The van der Waals surface area contributed by atoms with E-state index in [1.54, 1.807) is 25.0 Å². The fourth-order valence-corrected chi connectivity index (χ4v) is 1.55. The molecular formula is C12H19N3O4. The molecule has 0 radical (unpaired) electrons. The van der Waals surface area contributed by atoms with Gasteiger partial charge in [-0.1, -0.05) is 5.16 Å². The molecule has 0 aliphatic heterocycles. The molecule has 0 aliphatic carbocycles. The van der Waals surface area contributed by atoms with E-state index in [-0.39, 0.29) is 18.2 Å². The van der Waals surface area contributed by atoms with E-state index >= 15 is 0 Å². The van der Waals surface area contributed by atoms with E-state index in [4.69, 9.17) is 20.1 Å². The molecule has 0 aliphatic rings. The van der Waals surface area contributed by atoms with Crippen LogP contribution in [0.4, 0.5) is 0 Å². The van der Waals surface area contributed by atoms with Crippen molar-refractivity contribution in [2.45, 2.75) is 13.3 Å². The van der Waals surface area contributed by atoms with E-state index in [0.29, 0.717) is 25.5 Å². The van der Waals surface area contributed by atoms with Crippen molar-refractivity contribution in [2.75, 3.05) is 26.8 Å². The third-order valence-electron chi connectivity index (χ3n) is 2.68. The number of nitrogens with two attached hydrogens (primary N) is 1. The number of nitrogens with zero attached hydrogens (tertiary/aromatic N) is 2. The molecule has 19 heavy (non-hydrogen) atoms. The molecule has 0 saturated heterocycles. The molecule has 0 atom stereocenters. The molecule has 1 heterocycles. The van der Waals surface area contributed by atoms with Crippen LogP contribution in [0.3, 0.4) is 0 Å². The number of hydrogen-bond donors (Lipinski definition) is 2. The fraction of sp³-hybridized carbons (Fsp3) is 0.500. The summed E-state index contributed by atoms with van der Waals surface area (Å²) in [5, 5.41) is 11.4. The zero-order valence-electron chi connectivity index (χ0n) is 11.1. The number of methoxy groups -OCH3 is 1. The lowest BCUT2D eigenvalue weighted by Crippen LogP contribution is -2.36. The molecule has 0 unspecified atom stereocenters. The van der Waals surface area contributed by atoms with Crippen LogP contribution >= 0.6 is 0 Å². The number of ether oxygens (including phenoxy) is 1. The summed E-state index contributed by atoms with van der Waals surface area (Å²) in [6.45, 7) is 2.95. The van der Waals surface area contributed by atoms with Crippen molar-refractivity contribution in [1.29, 1.82) is 0 Å². The molecule has 1 aromatic heterocycles. The Morgan fingerprint density at radius 3 is 2.84 bits per heavy atom. The van der Waals surface area contributed by atoms with Crippen molar-refractivity contribution >= 4 is 11.7 Å². The van der Waals surface area contributed by atoms with Gasteiger partial charge < -0.3 is 25.0 Å². The van der Waals surface area contributed by atoms with Gasteiger partial charge in [0.05, 0.1) is 12.9 Å². The van der Waals surface area contributed by atoms with Crippen LogP contribution in [0.25, 0.3) is 0 Å². The van der Waals surface area contributed by atoms with Crippen LogP contribution in [0.1, 0.15) is 22.5 Å². The Kier molecular flexibility index (Phi) is 5.87. The van der Waals surface area contributed by atoms with Crippen LogP contribution in [0.15, 0.2) is 21.9 Å². The average Bonchev–Trinajstić information content (AvgIpc) is 2.84. The Labute approximate surface area is 111 Å². The largest absolute Gasteiger partial charge is 0.459 e. The molecule has 0 aromatic carbocycles. The Morgan fingerprint density at radius 2 is 2.32 bits per heavy atom. The zero-order chi connectivity index (χ0) is 14.3. The number of furan rings is 1. The highest BCUT2D eigenvalue weighted by molar-refractivity contribution is 5.93. The minimum Gasteiger partial charge on any atom is -0.459 e. The molecule has 0 fully saturated rings. The van der Waals surface area contributed by atoms with E-state index in [9.17, 15) is 4.79 Å². The second kappa shape index (κ2) is 7.42. The molecule has 7 heteroatoms. The van der Waals surface area contributed by atoms with Crippen LogP contribution in [-0.4, -0.2) is 48.7 Å². The van der Waals surface area contributed by atoms with E-state index in [1.165, 1.54) is 6.26 Å². The molecule has 0 bridgehead atoms. The normalized spacial score (nSPS) is 11.6. The van der Waals surface area contributed by atoms with Crippen molar-refractivity contribution < 1.29 is 19.2 Å². The maximum atomic E-state index is 12.3.